The Morgan fingerprint density at radius 3 is 3.05 bits per heavy atom. The van der Waals surface area contributed by atoms with Gasteiger partial charge >= 0.3 is 13.5 Å². The van der Waals surface area contributed by atoms with Crippen molar-refractivity contribution in [1.82, 2.24) is 25.0 Å². The van der Waals surface area contributed by atoms with E-state index in [0.29, 0.717) is 5.52 Å². The van der Waals surface area contributed by atoms with Crippen LogP contribution in [0.15, 0.2) is 11.0 Å². The number of hydrogen-bond donors (Lipinski definition) is 4. The van der Waals surface area contributed by atoms with E-state index >= 15 is 0 Å². The molecule has 3 atom stereocenters. The first-order valence-corrected chi connectivity index (χ1v) is 7.70. The average Bonchev–Trinajstić information content (AvgIpc) is 3.00. The van der Waals surface area contributed by atoms with Crippen LogP contribution < -0.4 is 5.69 Å². The van der Waals surface area contributed by atoms with Crippen molar-refractivity contribution in [3.8, 4) is 0 Å². The normalized spacial score (nSPS) is 25.9. The molecule has 1 fully saturated rings. The molecule has 2 aromatic rings. The van der Waals surface area contributed by atoms with Gasteiger partial charge in [-0.1, -0.05) is 5.21 Å². The summed E-state index contributed by atoms with van der Waals surface area (Å²) >= 11 is 0. The third kappa shape index (κ3) is 3.06. The maximum atomic E-state index is 11.9. The van der Waals surface area contributed by atoms with Crippen LogP contribution in [0.1, 0.15) is 12.6 Å². The van der Waals surface area contributed by atoms with Gasteiger partial charge in [0.2, 0.25) is 5.65 Å². The van der Waals surface area contributed by atoms with Gasteiger partial charge < -0.3 is 19.6 Å². The Balaban J connectivity index is 1.79. The van der Waals surface area contributed by atoms with E-state index in [2.05, 4.69) is 24.9 Å². The lowest BCUT2D eigenvalue weighted by Gasteiger charge is -2.16. The second kappa shape index (κ2) is 5.50. The molecule has 22 heavy (non-hydrogen) atoms. The van der Waals surface area contributed by atoms with Gasteiger partial charge in [0.05, 0.1) is 12.7 Å². The van der Waals surface area contributed by atoms with Crippen molar-refractivity contribution in [2.24, 2.45) is 0 Å². The average molecular weight is 333 g/mol. The minimum absolute atomic E-state index is 0.0455. The number of aliphatic hydroxyl groups excluding tert-OH is 1. The van der Waals surface area contributed by atoms with Gasteiger partial charge in [-0.15, -0.1) is 5.10 Å². The number of aliphatic hydroxyl groups is 1. The van der Waals surface area contributed by atoms with Crippen molar-refractivity contribution in [2.75, 3.05) is 6.61 Å². The van der Waals surface area contributed by atoms with Gasteiger partial charge in [0.15, 0.2) is 0 Å². The zero-order valence-electron chi connectivity index (χ0n) is 10.9. The number of rotatable bonds is 4. The van der Waals surface area contributed by atoms with Gasteiger partial charge in [-0.2, -0.15) is 4.98 Å². The van der Waals surface area contributed by atoms with Crippen LogP contribution in [0.4, 0.5) is 0 Å². The maximum absolute atomic E-state index is 11.9. The number of H-pyrrole nitrogens is 1. The smallest absolute Gasteiger partial charge is 0.390 e. The topological polar surface area (TPSA) is 173 Å². The summed E-state index contributed by atoms with van der Waals surface area (Å²) in [5, 5.41) is 19.5. The molecule has 0 spiro atoms. The summed E-state index contributed by atoms with van der Waals surface area (Å²) in [5.41, 5.74) is -0.0797. The van der Waals surface area contributed by atoms with Crippen LogP contribution in [0.2, 0.25) is 0 Å². The van der Waals surface area contributed by atoms with E-state index in [1.54, 1.807) is 0 Å². The van der Waals surface area contributed by atoms with Crippen molar-refractivity contribution in [3.05, 3.63) is 16.7 Å². The Hall–Kier alpha value is -1.69. The molecule has 1 saturated heterocycles. The summed E-state index contributed by atoms with van der Waals surface area (Å²) in [7, 11) is -4.66. The summed E-state index contributed by atoms with van der Waals surface area (Å²) in [4.78, 5) is 32.9. The highest BCUT2D eigenvalue weighted by molar-refractivity contribution is 7.46. The number of aromatic nitrogens is 5. The molecule has 0 saturated carbocycles. The number of hydrogen-bond acceptors (Lipinski definition) is 8. The Labute approximate surface area is 121 Å². The van der Waals surface area contributed by atoms with Crippen LogP contribution in [0.25, 0.3) is 11.2 Å². The van der Waals surface area contributed by atoms with Crippen molar-refractivity contribution in [3.63, 3.8) is 0 Å². The fourth-order valence-corrected chi connectivity index (χ4v) is 2.50. The Morgan fingerprint density at radius 1 is 1.55 bits per heavy atom. The van der Waals surface area contributed by atoms with Gasteiger partial charge in [0.1, 0.15) is 17.8 Å². The Kier molecular flexibility index (Phi) is 3.80. The number of fused-ring (bicyclic) bond motifs is 1. The van der Waals surface area contributed by atoms with Crippen LogP contribution >= 0.6 is 7.82 Å². The van der Waals surface area contributed by atoms with Crippen molar-refractivity contribution in [1.29, 1.82) is 0 Å². The highest BCUT2D eigenvalue weighted by Crippen LogP contribution is 2.38. The van der Waals surface area contributed by atoms with Gasteiger partial charge in [0, 0.05) is 12.6 Å². The molecule has 0 aromatic carbocycles. The molecule has 1 aliphatic rings. The Morgan fingerprint density at radius 2 is 2.32 bits per heavy atom. The number of ether oxygens (including phenoxy) is 1. The second-order valence-electron chi connectivity index (χ2n) is 4.70. The third-order valence-electron chi connectivity index (χ3n) is 3.17. The summed E-state index contributed by atoms with van der Waals surface area (Å²) in [6.07, 6.45) is -1.41. The molecule has 4 N–H and O–H groups in total. The minimum Gasteiger partial charge on any atom is -0.390 e. The number of nitrogens with zero attached hydrogens (tertiary/aromatic N) is 4. The van der Waals surface area contributed by atoms with Gasteiger partial charge in [-0.3, -0.25) is 14.2 Å². The van der Waals surface area contributed by atoms with Gasteiger partial charge in [-0.25, -0.2) is 9.36 Å². The first-order valence-electron chi connectivity index (χ1n) is 6.17. The zero-order chi connectivity index (χ0) is 15.9. The molecule has 13 heteroatoms. The molecular weight excluding hydrogens is 321 g/mol. The predicted octanol–water partition coefficient (Wildman–Crippen LogP) is -1.73. The van der Waals surface area contributed by atoms with E-state index in [1.165, 1.54) is 6.20 Å². The van der Waals surface area contributed by atoms with E-state index in [-0.39, 0.29) is 12.1 Å². The second-order valence-corrected chi connectivity index (χ2v) is 5.94. The van der Waals surface area contributed by atoms with Crippen LogP contribution in [0, 0.1) is 0 Å². The molecule has 0 bridgehead atoms. The highest BCUT2D eigenvalue weighted by Gasteiger charge is 2.37. The van der Waals surface area contributed by atoms with Crippen LogP contribution in [0.5, 0.6) is 0 Å². The van der Waals surface area contributed by atoms with Crippen LogP contribution in [-0.4, -0.2) is 58.7 Å². The number of phosphoric acid groups is 1. The molecule has 0 aliphatic carbocycles. The monoisotopic (exact) mass is 333 g/mol. The van der Waals surface area contributed by atoms with Gasteiger partial charge in [0.25, 0.3) is 0 Å². The standard InChI is InChI=1S/C9H12N5O7P/c15-5-1-7(21-6(5)3-20-22(17,18)19)14-2-4-8(10-9(14)16)12-13-11-4/h2,5-7,15H,1,3H2,(H2,17,18,19)(H,10,11,12,16)/t5-,6+,7+/m0/s1. The first kappa shape index (κ1) is 15.2. The third-order valence-corrected chi connectivity index (χ3v) is 3.65. The van der Waals surface area contributed by atoms with Crippen molar-refractivity contribution < 1.29 is 28.7 Å². The molecular formula is C9H12N5O7P. The minimum atomic E-state index is -4.66. The lowest BCUT2D eigenvalue weighted by Crippen LogP contribution is -2.28. The van der Waals surface area contributed by atoms with Crippen molar-refractivity contribution in [2.45, 2.75) is 24.9 Å². The first-order chi connectivity index (χ1) is 10.3. The zero-order valence-corrected chi connectivity index (χ0v) is 11.8. The number of aromatic amines is 1. The summed E-state index contributed by atoms with van der Waals surface area (Å²) in [5.74, 6) is 0. The molecule has 0 unspecified atom stereocenters. The molecule has 2 aromatic heterocycles. The fourth-order valence-electron chi connectivity index (χ4n) is 2.15. The van der Waals surface area contributed by atoms with Crippen LogP contribution in [-0.2, 0) is 13.8 Å². The van der Waals surface area contributed by atoms with E-state index in [9.17, 15) is 14.5 Å². The highest BCUT2D eigenvalue weighted by atomic mass is 31.2. The Bertz CT molecular complexity index is 784. The molecule has 3 heterocycles. The van der Waals surface area contributed by atoms with E-state index in [4.69, 9.17) is 14.5 Å². The van der Waals surface area contributed by atoms with Crippen LogP contribution in [0.3, 0.4) is 0 Å². The largest absolute Gasteiger partial charge is 0.469 e. The van der Waals surface area contributed by atoms with Gasteiger partial charge in [-0.05, 0) is 0 Å². The molecule has 12 nitrogen and oxygen atoms in total. The molecule has 3 rings (SSSR count). The lowest BCUT2D eigenvalue weighted by molar-refractivity contribution is -0.0449. The van der Waals surface area contributed by atoms with E-state index in [1.807, 2.05) is 0 Å². The molecule has 1 aliphatic heterocycles. The van der Waals surface area contributed by atoms with E-state index in [0.717, 1.165) is 4.57 Å². The SMILES string of the molecule is O=c1nc2nn[nH]c2cn1[C@H]1C[C@H](O)[C@@H](COP(=O)(O)O)O1. The number of nitrogens with one attached hydrogen (secondary N) is 1. The lowest BCUT2D eigenvalue weighted by atomic mass is 10.2. The summed E-state index contributed by atoms with van der Waals surface area (Å²) < 4.78 is 21.5. The molecule has 0 radical (unpaired) electrons. The fraction of sp³-hybridized carbons (Fsp3) is 0.556. The van der Waals surface area contributed by atoms with Crippen molar-refractivity contribution >= 4 is 19.0 Å². The molecule has 120 valence electrons. The number of phosphoric ester groups is 1. The van der Waals surface area contributed by atoms with E-state index < -0.39 is 38.6 Å². The quantitative estimate of drug-likeness (QED) is 0.471. The maximum Gasteiger partial charge on any atom is 0.469 e. The summed E-state index contributed by atoms with van der Waals surface area (Å²) in [6, 6.07) is 0. The molecule has 0 amide bonds. The predicted molar refractivity (Wildman–Crippen MR) is 68.5 cm³/mol. The summed E-state index contributed by atoms with van der Waals surface area (Å²) in [6.45, 7) is -0.502.